The second kappa shape index (κ2) is 6.85. The number of nitrogens with two attached hydrogens (primary N) is 1. The van der Waals surface area contributed by atoms with Gasteiger partial charge >= 0.3 is 0 Å². The molecule has 0 spiro atoms. The van der Waals surface area contributed by atoms with Crippen LogP contribution in [0, 0.1) is 0 Å². The first-order valence-corrected chi connectivity index (χ1v) is 6.76. The third kappa shape index (κ3) is 4.03. The molecule has 1 aromatic heterocycles. The normalized spacial score (nSPS) is 13.3. The number of nitrogens with one attached hydrogen (secondary N) is 1. The summed E-state index contributed by atoms with van der Waals surface area (Å²) < 4.78 is 6.03. The summed E-state index contributed by atoms with van der Waals surface area (Å²) in [6, 6.07) is 10.8. The Morgan fingerprint density at radius 3 is 2.52 bits per heavy atom. The number of carbonyl (C=O) groups is 1. The minimum Gasteiger partial charge on any atom is -0.482 e. The number of hydrogen-bond acceptors (Lipinski definition) is 4. The number of amides is 1. The molecular formula is C16H19N3O2. The van der Waals surface area contributed by atoms with Crippen molar-refractivity contribution in [2.24, 2.45) is 5.73 Å². The first kappa shape index (κ1) is 15.0. The van der Waals surface area contributed by atoms with Gasteiger partial charge in [-0.25, -0.2) is 0 Å². The lowest BCUT2D eigenvalue weighted by Crippen LogP contribution is -2.29. The molecule has 1 aromatic carbocycles. The van der Waals surface area contributed by atoms with Gasteiger partial charge in [-0.1, -0.05) is 12.1 Å². The van der Waals surface area contributed by atoms with Crippen molar-refractivity contribution < 1.29 is 9.53 Å². The number of benzene rings is 1. The van der Waals surface area contributed by atoms with Crippen LogP contribution in [0.1, 0.15) is 25.5 Å². The van der Waals surface area contributed by atoms with Gasteiger partial charge in [0.25, 0.3) is 0 Å². The summed E-state index contributed by atoms with van der Waals surface area (Å²) in [5.74, 6) is 0.444. The Bertz CT molecular complexity index is 599. The number of para-hydroxylation sites is 2. The molecule has 0 radical (unpaired) electrons. The number of rotatable bonds is 5. The molecule has 1 heterocycles. The average Bonchev–Trinajstić information content (AvgIpc) is 2.46. The van der Waals surface area contributed by atoms with Crippen molar-refractivity contribution in [2.45, 2.75) is 26.0 Å². The number of pyridine rings is 1. The Morgan fingerprint density at radius 1 is 1.24 bits per heavy atom. The molecule has 21 heavy (non-hydrogen) atoms. The maximum Gasteiger partial charge on any atom is 0.221 e. The highest BCUT2D eigenvalue weighted by Crippen LogP contribution is 2.30. The molecule has 2 aromatic rings. The molecule has 2 unspecified atom stereocenters. The van der Waals surface area contributed by atoms with Crippen LogP contribution in [0.15, 0.2) is 48.8 Å². The van der Waals surface area contributed by atoms with Gasteiger partial charge in [0.1, 0.15) is 11.9 Å². The Balaban J connectivity index is 2.28. The van der Waals surface area contributed by atoms with Crippen molar-refractivity contribution in [3.8, 4) is 5.75 Å². The van der Waals surface area contributed by atoms with Crippen LogP contribution in [0.2, 0.25) is 0 Å². The summed E-state index contributed by atoms with van der Waals surface area (Å²) in [5, 5.41) is 2.75. The Hall–Kier alpha value is -2.40. The van der Waals surface area contributed by atoms with Gasteiger partial charge in [0.15, 0.2) is 0 Å². The highest BCUT2D eigenvalue weighted by atomic mass is 16.5. The summed E-state index contributed by atoms with van der Waals surface area (Å²) in [5.41, 5.74) is 7.61. The van der Waals surface area contributed by atoms with Gasteiger partial charge in [0, 0.05) is 25.4 Å². The second-order valence-electron chi connectivity index (χ2n) is 4.86. The van der Waals surface area contributed by atoms with Gasteiger partial charge in [0.2, 0.25) is 5.91 Å². The van der Waals surface area contributed by atoms with Gasteiger partial charge in [-0.15, -0.1) is 0 Å². The van der Waals surface area contributed by atoms with E-state index in [1.807, 2.05) is 37.3 Å². The Morgan fingerprint density at radius 2 is 1.90 bits per heavy atom. The lowest BCUT2D eigenvalue weighted by atomic mass is 10.1. The molecule has 0 aliphatic heterocycles. The van der Waals surface area contributed by atoms with Crippen LogP contribution >= 0.6 is 0 Å². The lowest BCUT2D eigenvalue weighted by molar-refractivity contribution is -0.114. The summed E-state index contributed by atoms with van der Waals surface area (Å²) in [6.45, 7) is 3.34. The van der Waals surface area contributed by atoms with Crippen LogP contribution in [0.3, 0.4) is 0 Å². The third-order valence-corrected chi connectivity index (χ3v) is 2.96. The topological polar surface area (TPSA) is 77.2 Å². The smallest absolute Gasteiger partial charge is 0.221 e. The molecule has 0 saturated heterocycles. The van der Waals surface area contributed by atoms with Crippen LogP contribution in [0.4, 0.5) is 5.69 Å². The summed E-state index contributed by atoms with van der Waals surface area (Å²) in [7, 11) is 0. The van der Waals surface area contributed by atoms with Gasteiger partial charge in [-0.3, -0.25) is 9.78 Å². The molecule has 0 saturated carbocycles. The molecule has 2 atom stereocenters. The molecule has 0 aliphatic rings. The third-order valence-electron chi connectivity index (χ3n) is 2.96. The van der Waals surface area contributed by atoms with Crippen molar-refractivity contribution in [1.82, 2.24) is 4.98 Å². The maximum absolute atomic E-state index is 11.3. The first-order valence-electron chi connectivity index (χ1n) is 6.76. The zero-order chi connectivity index (χ0) is 15.2. The molecule has 3 N–H and O–H groups in total. The number of anilines is 1. The van der Waals surface area contributed by atoms with E-state index in [4.69, 9.17) is 10.5 Å². The fraction of sp³-hybridized carbons (Fsp3) is 0.250. The minimum atomic E-state index is -0.317. The SMILES string of the molecule is CC(=O)Nc1ccccc1OC(c1ccncc1)C(C)N. The number of aromatic nitrogens is 1. The Kier molecular flexibility index (Phi) is 4.90. The van der Waals surface area contributed by atoms with E-state index in [1.165, 1.54) is 6.92 Å². The molecule has 5 nitrogen and oxygen atoms in total. The zero-order valence-corrected chi connectivity index (χ0v) is 12.1. The van der Waals surface area contributed by atoms with E-state index in [-0.39, 0.29) is 18.1 Å². The molecule has 5 heteroatoms. The summed E-state index contributed by atoms with van der Waals surface area (Å²) >= 11 is 0. The number of carbonyl (C=O) groups excluding carboxylic acids is 1. The summed E-state index contributed by atoms with van der Waals surface area (Å²) in [4.78, 5) is 15.3. The highest BCUT2D eigenvalue weighted by molar-refractivity contribution is 5.90. The van der Waals surface area contributed by atoms with E-state index >= 15 is 0 Å². The minimum absolute atomic E-state index is 0.146. The number of nitrogens with zero attached hydrogens (tertiary/aromatic N) is 1. The lowest BCUT2D eigenvalue weighted by Gasteiger charge is -2.24. The largest absolute Gasteiger partial charge is 0.482 e. The van der Waals surface area contributed by atoms with Crippen molar-refractivity contribution in [1.29, 1.82) is 0 Å². The van der Waals surface area contributed by atoms with Gasteiger partial charge in [0.05, 0.1) is 5.69 Å². The zero-order valence-electron chi connectivity index (χ0n) is 12.1. The van der Waals surface area contributed by atoms with Crippen molar-refractivity contribution in [2.75, 3.05) is 5.32 Å². The van der Waals surface area contributed by atoms with Crippen LogP contribution in [-0.2, 0) is 4.79 Å². The molecule has 0 fully saturated rings. The number of ether oxygens (including phenoxy) is 1. The van der Waals surface area contributed by atoms with Crippen molar-refractivity contribution in [3.05, 3.63) is 54.4 Å². The van der Waals surface area contributed by atoms with Crippen LogP contribution in [-0.4, -0.2) is 16.9 Å². The molecule has 1 amide bonds. The Labute approximate surface area is 124 Å². The quantitative estimate of drug-likeness (QED) is 0.885. The molecule has 110 valence electrons. The fourth-order valence-corrected chi connectivity index (χ4v) is 2.03. The standard InChI is InChI=1S/C16H19N3O2/c1-11(17)16(13-7-9-18-10-8-13)21-15-6-4-3-5-14(15)19-12(2)20/h3-11,16H,17H2,1-2H3,(H,19,20). The van der Waals surface area contributed by atoms with Crippen molar-refractivity contribution in [3.63, 3.8) is 0 Å². The fourth-order valence-electron chi connectivity index (χ4n) is 2.03. The van der Waals surface area contributed by atoms with E-state index in [9.17, 15) is 4.79 Å². The van der Waals surface area contributed by atoms with E-state index < -0.39 is 0 Å². The van der Waals surface area contributed by atoms with E-state index in [0.717, 1.165) is 5.56 Å². The molecule has 0 bridgehead atoms. The predicted octanol–water partition coefficient (Wildman–Crippen LogP) is 2.51. The van der Waals surface area contributed by atoms with Crippen LogP contribution in [0.25, 0.3) is 0 Å². The van der Waals surface area contributed by atoms with Gasteiger partial charge < -0.3 is 15.8 Å². The predicted molar refractivity (Wildman–Crippen MR) is 82.0 cm³/mol. The van der Waals surface area contributed by atoms with Crippen LogP contribution in [0.5, 0.6) is 5.75 Å². The first-order chi connectivity index (χ1) is 10.1. The molecular weight excluding hydrogens is 266 g/mol. The molecule has 2 rings (SSSR count). The second-order valence-corrected chi connectivity index (χ2v) is 4.86. The maximum atomic E-state index is 11.3. The average molecular weight is 285 g/mol. The van der Waals surface area contributed by atoms with E-state index in [2.05, 4.69) is 10.3 Å². The van der Waals surface area contributed by atoms with E-state index in [1.54, 1.807) is 18.5 Å². The monoisotopic (exact) mass is 285 g/mol. The molecule has 0 aliphatic carbocycles. The van der Waals surface area contributed by atoms with Gasteiger partial charge in [-0.2, -0.15) is 0 Å². The van der Waals surface area contributed by atoms with Crippen LogP contribution < -0.4 is 15.8 Å². The highest BCUT2D eigenvalue weighted by Gasteiger charge is 2.19. The van der Waals surface area contributed by atoms with Gasteiger partial charge in [-0.05, 0) is 36.8 Å². The van der Waals surface area contributed by atoms with Crippen molar-refractivity contribution >= 4 is 11.6 Å². The van der Waals surface area contributed by atoms with E-state index in [0.29, 0.717) is 11.4 Å². The number of hydrogen-bond donors (Lipinski definition) is 2. The summed E-state index contributed by atoms with van der Waals surface area (Å²) in [6.07, 6.45) is 3.09.